The molecule has 5 N–H and O–H groups in total. The fourth-order valence-electron chi connectivity index (χ4n) is 3.85. The number of ketones is 1. The van der Waals surface area contributed by atoms with Gasteiger partial charge in [-0.15, -0.1) is 0 Å². The molecule has 40 heavy (non-hydrogen) atoms. The molecule has 0 saturated heterocycles. The second-order valence-electron chi connectivity index (χ2n) is 8.72. The summed E-state index contributed by atoms with van der Waals surface area (Å²) in [6.45, 7) is 1.96. The van der Waals surface area contributed by atoms with Gasteiger partial charge in [-0.1, -0.05) is 29.8 Å². The Morgan fingerprint density at radius 2 is 1.12 bits per heavy atom. The van der Waals surface area contributed by atoms with Gasteiger partial charge in [0.25, 0.3) is 5.91 Å². The highest BCUT2D eigenvalue weighted by atomic mass is 16.5. The van der Waals surface area contributed by atoms with Crippen LogP contribution < -0.4 is 15.8 Å². The molecule has 200 valence electrons. The standard InChI is InChI=1S/C30H22N2O8/c1-16-2-8-20(9-3-16)40-21-10-6-19(7-11-21)32-28(35)23-13-5-18(15-25(23)30(38)39)26(33)17-4-12-22(27(31)34)24(14-17)29(36)37/h2-15H,1H3,(H2,31,34)(H,32,35)(H,36,37)(H,38,39). The summed E-state index contributed by atoms with van der Waals surface area (Å²) in [6, 6.07) is 20.7. The van der Waals surface area contributed by atoms with Gasteiger partial charge >= 0.3 is 11.9 Å². The molecule has 4 rings (SSSR count). The minimum Gasteiger partial charge on any atom is -0.478 e. The second kappa shape index (κ2) is 11.3. The van der Waals surface area contributed by atoms with Gasteiger partial charge in [0.15, 0.2) is 5.78 Å². The number of aryl methyl sites for hydroxylation is 1. The average molecular weight is 539 g/mol. The van der Waals surface area contributed by atoms with Crippen molar-refractivity contribution in [3.05, 3.63) is 124 Å². The van der Waals surface area contributed by atoms with Crippen LogP contribution in [-0.2, 0) is 0 Å². The molecule has 0 aliphatic rings. The molecule has 0 bridgehead atoms. The number of anilines is 1. The van der Waals surface area contributed by atoms with Crippen molar-refractivity contribution in [3.63, 3.8) is 0 Å². The zero-order chi connectivity index (χ0) is 29.0. The van der Waals surface area contributed by atoms with E-state index in [2.05, 4.69) is 5.32 Å². The fourth-order valence-corrected chi connectivity index (χ4v) is 3.85. The predicted molar refractivity (Wildman–Crippen MR) is 144 cm³/mol. The van der Waals surface area contributed by atoms with E-state index in [-0.39, 0.29) is 22.3 Å². The highest BCUT2D eigenvalue weighted by molar-refractivity contribution is 6.15. The number of carbonyl (C=O) groups is 5. The van der Waals surface area contributed by atoms with E-state index in [9.17, 15) is 34.2 Å². The first kappa shape index (κ1) is 27.3. The molecule has 0 aromatic heterocycles. The minimum absolute atomic E-state index is 0.102. The van der Waals surface area contributed by atoms with E-state index in [0.717, 1.165) is 23.8 Å². The third-order valence-electron chi connectivity index (χ3n) is 5.90. The lowest BCUT2D eigenvalue weighted by atomic mass is 9.95. The van der Waals surface area contributed by atoms with Gasteiger partial charge in [-0.2, -0.15) is 0 Å². The molecule has 4 aromatic carbocycles. The van der Waals surface area contributed by atoms with Gasteiger partial charge in [-0.3, -0.25) is 14.4 Å². The number of carboxylic acid groups (broad SMARTS) is 2. The maximum Gasteiger partial charge on any atom is 0.336 e. The third kappa shape index (κ3) is 6.03. The summed E-state index contributed by atoms with van der Waals surface area (Å²) < 4.78 is 5.76. The maximum absolute atomic E-state index is 13.0. The van der Waals surface area contributed by atoms with Crippen molar-refractivity contribution in [2.75, 3.05) is 5.32 Å². The first-order valence-electron chi connectivity index (χ1n) is 11.8. The van der Waals surface area contributed by atoms with Gasteiger partial charge in [0.05, 0.1) is 22.3 Å². The van der Waals surface area contributed by atoms with E-state index in [1.165, 1.54) is 18.2 Å². The number of aromatic carboxylic acids is 2. The smallest absolute Gasteiger partial charge is 0.336 e. The zero-order valence-electron chi connectivity index (χ0n) is 21.0. The van der Waals surface area contributed by atoms with Crippen molar-refractivity contribution in [3.8, 4) is 11.5 Å². The number of ether oxygens (including phenoxy) is 1. The van der Waals surface area contributed by atoms with Gasteiger partial charge in [-0.25, -0.2) is 9.59 Å². The molecule has 4 aromatic rings. The van der Waals surface area contributed by atoms with Crippen LogP contribution in [0.5, 0.6) is 11.5 Å². The maximum atomic E-state index is 13.0. The lowest BCUT2D eigenvalue weighted by molar-refractivity contribution is 0.0683. The molecule has 0 saturated carbocycles. The van der Waals surface area contributed by atoms with Crippen molar-refractivity contribution in [2.45, 2.75) is 6.92 Å². The molecule has 0 fully saturated rings. The number of rotatable bonds is 9. The van der Waals surface area contributed by atoms with Crippen molar-refractivity contribution in [2.24, 2.45) is 5.73 Å². The number of hydrogen-bond donors (Lipinski definition) is 4. The third-order valence-corrected chi connectivity index (χ3v) is 5.90. The Balaban J connectivity index is 1.54. The van der Waals surface area contributed by atoms with Crippen LogP contribution in [0.25, 0.3) is 0 Å². The summed E-state index contributed by atoms with van der Waals surface area (Å²) >= 11 is 0. The largest absolute Gasteiger partial charge is 0.478 e. The van der Waals surface area contributed by atoms with E-state index in [1.54, 1.807) is 24.3 Å². The topological polar surface area (TPSA) is 173 Å². The Labute approximate surface area is 227 Å². The number of primary amides is 1. The van der Waals surface area contributed by atoms with Crippen LogP contribution in [0.4, 0.5) is 5.69 Å². The first-order chi connectivity index (χ1) is 19.0. The Morgan fingerprint density at radius 1 is 0.650 bits per heavy atom. The van der Waals surface area contributed by atoms with E-state index in [4.69, 9.17) is 10.5 Å². The molecule has 0 aliphatic heterocycles. The number of nitrogens with one attached hydrogen (secondary N) is 1. The molecule has 10 heteroatoms. The van der Waals surface area contributed by atoms with Crippen LogP contribution in [0.2, 0.25) is 0 Å². The average Bonchev–Trinajstić information content (AvgIpc) is 2.94. The Bertz CT molecular complexity index is 1660. The van der Waals surface area contributed by atoms with Crippen LogP contribution in [0.15, 0.2) is 84.9 Å². The van der Waals surface area contributed by atoms with E-state index >= 15 is 0 Å². The van der Waals surface area contributed by atoms with Crippen LogP contribution in [0.3, 0.4) is 0 Å². The van der Waals surface area contributed by atoms with Crippen molar-refractivity contribution in [1.29, 1.82) is 0 Å². The van der Waals surface area contributed by atoms with E-state index in [1.807, 2.05) is 31.2 Å². The van der Waals surface area contributed by atoms with Crippen molar-refractivity contribution < 1.29 is 38.9 Å². The van der Waals surface area contributed by atoms with Crippen LogP contribution >= 0.6 is 0 Å². The molecule has 10 nitrogen and oxygen atoms in total. The Morgan fingerprint density at radius 3 is 1.62 bits per heavy atom. The van der Waals surface area contributed by atoms with Gasteiger partial charge in [0.1, 0.15) is 11.5 Å². The monoisotopic (exact) mass is 538 g/mol. The second-order valence-corrected chi connectivity index (χ2v) is 8.72. The normalized spacial score (nSPS) is 10.4. The van der Waals surface area contributed by atoms with Crippen LogP contribution in [0, 0.1) is 6.92 Å². The van der Waals surface area contributed by atoms with Gasteiger partial charge in [0, 0.05) is 16.8 Å². The number of hydrogen-bond acceptors (Lipinski definition) is 6. The van der Waals surface area contributed by atoms with Crippen LogP contribution in [-0.4, -0.2) is 39.7 Å². The molecule has 2 amide bonds. The highest BCUT2D eigenvalue weighted by Crippen LogP contribution is 2.24. The molecule has 0 atom stereocenters. The number of carboxylic acids is 2. The zero-order valence-corrected chi connectivity index (χ0v) is 21.0. The SMILES string of the molecule is Cc1ccc(Oc2ccc(NC(=O)c3ccc(C(=O)c4ccc(C(N)=O)c(C(=O)O)c4)cc3C(=O)O)cc2)cc1. The summed E-state index contributed by atoms with van der Waals surface area (Å²) in [4.78, 5) is 60.9. The van der Waals surface area contributed by atoms with E-state index in [0.29, 0.717) is 17.2 Å². The van der Waals surface area contributed by atoms with Crippen LogP contribution in [0.1, 0.15) is 62.9 Å². The number of amides is 2. The first-order valence-corrected chi connectivity index (χ1v) is 11.8. The van der Waals surface area contributed by atoms with Gasteiger partial charge < -0.3 is 26.0 Å². The lowest BCUT2D eigenvalue weighted by Gasteiger charge is -2.11. The number of nitrogens with two attached hydrogens (primary N) is 1. The Kier molecular flexibility index (Phi) is 7.71. The summed E-state index contributed by atoms with van der Waals surface area (Å²) in [5.74, 6) is -4.14. The fraction of sp³-hybridized carbons (Fsp3) is 0.0333. The molecular weight excluding hydrogens is 516 g/mol. The quantitative estimate of drug-likeness (QED) is 0.221. The van der Waals surface area contributed by atoms with Gasteiger partial charge in [-0.05, 0) is 67.6 Å². The highest BCUT2D eigenvalue weighted by Gasteiger charge is 2.22. The van der Waals surface area contributed by atoms with Crippen molar-refractivity contribution in [1.82, 2.24) is 0 Å². The number of benzene rings is 4. The number of carbonyl (C=O) groups excluding carboxylic acids is 3. The van der Waals surface area contributed by atoms with Gasteiger partial charge in [0.2, 0.25) is 5.91 Å². The molecule has 0 heterocycles. The summed E-state index contributed by atoms with van der Waals surface area (Å²) in [6.07, 6.45) is 0. The Hall–Kier alpha value is -5.77. The molecular formula is C30H22N2O8. The predicted octanol–water partition coefficient (Wildman–Crippen LogP) is 4.77. The molecule has 0 spiro atoms. The molecule has 0 radical (unpaired) electrons. The van der Waals surface area contributed by atoms with E-state index < -0.39 is 40.7 Å². The minimum atomic E-state index is -1.46. The summed E-state index contributed by atoms with van der Waals surface area (Å²) in [5.41, 5.74) is 5.07. The summed E-state index contributed by atoms with van der Waals surface area (Å²) in [5, 5.41) is 21.7. The summed E-state index contributed by atoms with van der Waals surface area (Å²) in [7, 11) is 0. The lowest BCUT2D eigenvalue weighted by Crippen LogP contribution is -2.18. The van der Waals surface area contributed by atoms with Crippen molar-refractivity contribution >= 4 is 35.2 Å². The molecule has 0 aliphatic carbocycles. The molecule has 0 unspecified atom stereocenters.